The second kappa shape index (κ2) is 7.95. The lowest BCUT2D eigenvalue weighted by molar-refractivity contribution is 0.298. The Morgan fingerprint density at radius 2 is 1.80 bits per heavy atom. The molecule has 1 heterocycles. The predicted molar refractivity (Wildman–Crippen MR) is 83.0 cm³/mol. The number of ether oxygens (including phenoxy) is 1. The van der Waals surface area contributed by atoms with E-state index in [0.717, 1.165) is 35.5 Å². The van der Waals surface area contributed by atoms with E-state index in [4.69, 9.17) is 14.9 Å². The second-order valence-electron chi connectivity index (χ2n) is 5.17. The van der Waals surface area contributed by atoms with Gasteiger partial charge in [-0.15, -0.1) is 0 Å². The summed E-state index contributed by atoms with van der Waals surface area (Å²) in [4.78, 5) is 0. The van der Waals surface area contributed by atoms with Gasteiger partial charge in [0.25, 0.3) is 0 Å². The Morgan fingerprint density at radius 1 is 1.05 bits per heavy atom. The van der Waals surface area contributed by atoms with E-state index in [1.165, 1.54) is 32.1 Å². The summed E-state index contributed by atoms with van der Waals surface area (Å²) in [7, 11) is 0. The minimum atomic E-state index is 0.376. The molecule has 0 amide bonds. The van der Waals surface area contributed by atoms with Crippen LogP contribution in [0.15, 0.2) is 28.7 Å². The van der Waals surface area contributed by atoms with Crippen molar-refractivity contribution in [2.75, 3.05) is 6.61 Å². The third-order valence-corrected chi connectivity index (χ3v) is 3.55. The van der Waals surface area contributed by atoms with Crippen LogP contribution in [0.3, 0.4) is 0 Å². The van der Waals surface area contributed by atoms with Gasteiger partial charge in [0.1, 0.15) is 5.58 Å². The van der Waals surface area contributed by atoms with Crippen molar-refractivity contribution in [2.45, 2.75) is 52.0 Å². The van der Waals surface area contributed by atoms with Gasteiger partial charge < -0.3 is 14.9 Å². The van der Waals surface area contributed by atoms with E-state index in [-0.39, 0.29) is 0 Å². The molecule has 3 nitrogen and oxygen atoms in total. The highest BCUT2D eigenvalue weighted by Crippen LogP contribution is 2.32. The first-order valence-electron chi connectivity index (χ1n) is 7.70. The monoisotopic (exact) mass is 275 g/mol. The highest BCUT2D eigenvalue weighted by Gasteiger charge is 2.13. The van der Waals surface area contributed by atoms with Crippen molar-refractivity contribution in [1.29, 1.82) is 0 Å². The van der Waals surface area contributed by atoms with Crippen molar-refractivity contribution in [3.8, 4) is 5.75 Å². The van der Waals surface area contributed by atoms with Gasteiger partial charge in [-0.25, -0.2) is 0 Å². The molecular weight excluding hydrogens is 250 g/mol. The minimum Gasteiger partial charge on any atom is -0.489 e. The zero-order valence-electron chi connectivity index (χ0n) is 12.4. The molecule has 0 spiro atoms. The molecule has 2 rings (SSSR count). The normalized spacial score (nSPS) is 11.1. The topological polar surface area (TPSA) is 48.4 Å². The fourth-order valence-electron chi connectivity index (χ4n) is 2.42. The van der Waals surface area contributed by atoms with E-state index in [0.29, 0.717) is 6.54 Å². The first-order chi connectivity index (χ1) is 9.86. The van der Waals surface area contributed by atoms with Gasteiger partial charge in [0.05, 0.1) is 18.5 Å². The van der Waals surface area contributed by atoms with E-state index in [1.807, 2.05) is 24.3 Å². The van der Waals surface area contributed by atoms with Gasteiger partial charge in [0.2, 0.25) is 0 Å². The first-order valence-corrected chi connectivity index (χ1v) is 7.70. The van der Waals surface area contributed by atoms with E-state index in [2.05, 4.69) is 6.92 Å². The van der Waals surface area contributed by atoms with Gasteiger partial charge in [0, 0.05) is 0 Å². The standard InChI is InChI=1S/C17H25NO2/c1-2-3-4-5-6-9-12-19-17-14-10-7-8-11-15(14)20-16(17)13-18/h7-8,10-11H,2-6,9,12-13,18H2,1H3. The summed E-state index contributed by atoms with van der Waals surface area (Å²) in [5, 5.41) is 1.03. The molecule has 0 radical (unpaired) electrons. The maximum atomic E-state index is 5.91. The van der Waals surface area contributed by atoms with E-state index in [9.17, 15) is 0 Å². The third-order valence-electron chi connectivity index (χ3n) is 3.55. The van der Waals surface area contributed by atoms with E-state index < -0.39 is 0 Å². The van der Waals surface area contributed by atoms with Crippen LogP contribution in [0.5, 0.6) is 5.75 Å². The highest BCUT2D eigenvalue weighted by atomic mass is 16.5. The summed E-state index contributed by atoms with van der Waals surface area (Å²) >= 11 is 0. The van der Waals surface area contributed by atoms with Crippen molar-refractivity contribution in [3.63, 3.8) is 0 Å². The number of nitrogens with two attached hydrogens (primary N) is 1. The van der Waals surface area contributed by atoms with Crippen LogP contribution in [-0.4, -0.2) is 6.61 Å². The molecule has 0 bridgehead atoms. The lowest BCUT2D eigenvalue weighted by Crippen LogP contribution is -2.02. The summed E-state index contributed by atoms with van der Waals surface area (Å²) < 4.78 is 11.6. The molecule has 20 heavy (non-hydrogen) atoms. The summed E-state index contributed by atoms with van der Waals surface area (Å²) in [6, 6.07) is 7.93. The van der Waals surface area contributed by atoms with E-state index >= 15 is 0 Å². The Labute approximate surface area is 121 Å². The van der Waals surface area contributed by atoms with Crippen molar-refractivity contribution in [1.82, 2.24) is 0 Å². The zero-order chi connectivity index (χ0) is 14.2. The summed E-state index contributed by atoms with van der Waals surface area (Å²) in [5.74, 6) is 1.58. The molecule has 0 unspecified atom stereocenters. The number of para-hydroxylation sites is 1. The smallest absolute Gasteiger partial charge is 0.169 e. The number of fused-ring (bicyclic) bond motifs is 1. The summed E-state index contributed by atoms with van der Waals surface area (Å²) in [6.07, 6.45) is 7.58. The van der Waals surface area contributed by atoms with Crippen LogP contribution in [0.1, 0.15) is 51.2 Å². The number of hydrogen-bond acceptors (Lipinski definition) is 3. The first kappa shape index (κ1) is 14.9. The van der Waals surface area contributed by atoms with Crippen molar-refractivity contribution in [3.05, 3.63) is 30.0 Å². The van der Waals surface area contributed by atoms with Crippen molar-refractivity contribution in [2.24, 2.45) is 5.73 Å². The highest BCUT2D eigenvalue weighted by molar-refractivity contribution is 5.85. The number of hydrogen-bond donors (Lipinski definition) is 1. The second-order valence-corrected chi connectivity index (χ2v) is 5.17. The maximum absolute atomic E-state index is 5.91. The molecule has 0 saturated heterocycles. The van der Waals surface area contributed by atoms with Gasteiger partial charge in [0.15, 0.2) is 11.5 Å². The van der Waals surface area contributed by atoms with Crippen molar-refractivity contribution < 1.29 is 9.15 Å². The average molecular weight is 275 g/mol. The molecule has 0 fully saturated rings. The van der Waals surface area contributed by atoms with Crippen molar-refractivity contribution >= 4 is 11.0 Å². The molecule has 1 aromatic heterocycles. The molecule has 2 aromatic rings. The molecule has 110 valence electrons. The molecule has 0 aliphatic rings. The number of rotatable bonds is 9. The van der Waals surface area contributed by atoms with Crippen LogP contribution in [0, 0.1) is 0 Å². The average Bonchev–Trinajstić information content (AvgIpc) is 2.84. The SMILES string of the molecule is CCCCCCCCOc1c(CN)oc2ccccc12. The van der Waals surface area contributed by atoms with Crippen LogP contribution in [0.2, 0.25) is 0 Å². The fraction of sp³-hybridized carbons (Fsp3) is 0.529. The van der Waals surface area contributed by atoms with Crippen LogP contribution >= 0.6 is 0 Å². The number of unbranched alkanes of at least 4 members (excludes halogenated alkanes) is 5. The van der Waals surface area contributed by atoms with Crippen LogP contribution in [-0.2, 0) is 6.54 Å². The van der Waals surface area contributed by atoms with Gasteiger partial charge in [-0.1, -0.05) is 51.2 Å². The Kier molecular flexibility index (Phi) is 5.93. The minimum absolute atomic E-state index is 0.376. The maximum Gasteiger partial charge on any atom is 0.169 e. The summed E-state index contributed by atoms with van der Waals surface area (Å²) in [5.41, 5.74) is 6.58. The zero-order valence-corrected chi connectivity index (χ0v) is 12.4. The summed E-state index contributed by atoms with van der Waals surface area (Å²) in [6.45, 7) is 3.35. The van der Waals surface area contributed by atoms with Gasteiger partial charge >= 0.3 is 0 Å². The number of benzene rings is 1. The Balaban J connectivity index is 1.86. The van der Waals surface area contributed by atoms with Crippen LogP contribution in [0.4, 0.5) is 0 Å². The third kappa shape index (κ3) is 3.76. The van der Waals surface area contributed by atoms with Crippen LogP contribution in [0.25, 0.3) is 11.0 Å². The lowest BCUT2D eigenvalue weighted by atomic mass is 10.1. The molecule has 1 aromatic carbocycles. The fourth-order valence-corrected chi connectivity index (χ4v) is 2.42. The molecule has 3 heteroatoms. The van der Waals surface area contributed by atoms with Crippen LogP contribution < -0.4 is 10.5 Å². The Hall–Kier alpha value is -1.48. The van der Waals surface area contributed by atoms with Gasteiger partial charge in [-0.2, -0.15) is 0 Å². The molecule has 0 saturated carbocycles. The number of furan rings is 1. The van der Waals surface area contributed by atoms with E-state index in [1.54, 1.807) is 0 Å². The van der Waals surface area contributed by atoms with Gasteiger partial charge in [-0.3, -0.25) is 0 Å². The Bertz CT molecular complexity index is 519. The lowest BCUT2D eigenvalue weighted by Gasteiger charge is -2.06. The Morgan fingerprint density at radius 3 is 2.60 bits per heavy atom. The molecule has 0 aliphatic carbocycles. The molecular formula is C17H25NO2. The molecule has 0 atom stereocenters. The molecule has 0 aliphatic heterocycles. The molecule has 2 N–H and O–H groups in total. The van der Waals surface area contributed by atoms with Gasteiger partial charge in [-0.05, 0) is 18.6 Å². The predicted octanol–water partition coefficient (Wildman–Crippen LogP) is 4.63. The largest absolute Gasteiger partial charge is 0.489 e. The quantitative estimate of drug-likeness (QED) is 0.679.